The molecule has 2 unspecified atom stereocenters. The summed E-state index contributed by atoms with van der Waals surface area (Å²) in [4.78, 5) is 2.19. The van der Waals surface area contributed by atoms with E-state index in [0.717, 1.165) is 29.3 Å². The smallest absolute Gasteiger partial charge is 0.0850 e. The molecule has 1 N–H and O–H groups in total. The lowest BCUT2D eigenvalue weighted by atomic mass is 9.94. The van der Waals surface area contributed by atoms with E-state index in [-0.39, 0.29) is 0 Å². The lowest BCUT2D eigenvalue weighted by molar-refractivity contribution is 0.0502. The standard InChI is InChI=1S/C13H22ClN3O/c1-5-10-12(14)11(17(4)15-10)7-13(18)6-9(2)16(3)8-13/h9,18H,5-8H2,1-4H3. The first kappa shape index (κ1) is 13.8. The van der Waals surface area contributed by atoms with E-state index in [0.29, 0.717) is 19.0 Å². The van der Waals surface area contributed by atoms with Crippen molar-refractivity contribution in [1.82, 2.24) is 14.7 Å². The van der Waals surface area contributed by atoms with Crippen LogP contribution in [0.2, 0.25) is 5.02 Å². The van der Waals surface area contributed by atoms with E-state index in [1.54, 1.807) is 0 Å². The van der Waals surface area contributed by atoms with Crippen molar-refractivity contribution in [2.45, 2.75) is 44.8 Å². The molecule has 18 heavy (non-hydrogen) atoms. The van der Waals surface area contributed by atoms with Gasteiger partial charge in [-0.3, -0.25) is 4.68 Å². The van der Waals surface area contributed by atoms with Crippen LogP contribution in [0.25, 0.3) is 0 Å². The van der Waals surface area contributed by atoms with Crippen molar-refractivity contribution in [3.8, 4) is 0 Å². The second-order valence-corrected chi connectivity index (χ2v) is 5.93. The van der Waals surface area contributed by atoms with Gasteiger partial charge in [-0.25, -0.2) is 0 Å². The minimum Gasteiger partial charge on any atom is -0.388 e. The van der Waals surface area contributed by atoms with Crippen LogP contribution in [0.1, 0.15) is 31.7 Å². The summed E-state index contributed by atoms with van der Waals surface area (Å²) in [5.74, 6) is 0. The van der Waals surface area contributed by atoms with Crippen LogP contribution in [0.5, 0.6) is 0 Å². The van der Waals surface area contributed by atoms with Crippen LogP contribution in [-0.4, -0.2) is 45.0 Å². The molecule has 0 aromatic carbocycles. The van der Waals surface area contributed by atoms with Gasteiger partial charge in [0.15, 0.2) is 0 Å². The average Bonchev–Trinajstić information content (AvgIpc) is 2.70. The number of aliphatic hydroxyl groups is 1. The second-order valence-electron chi connectivity index (χ2n) is 5.55. The van der Waals surface area contributed by atoms with Crippen LogP contribution in [0.4, 0.5) is 0 Å². The molecule has 1 aromatic heterocycles. The van der Waals surface area contributed by atoms with Gasteiger partial charge in [0, 0.05) is 26.1 Å². The highest BCUT2D eigenvalue weighted by atomic mass is 35.5. The first-order chi connectivity index (χ1) is 8.36. The van der Waals surface area contributed by atoms with Crippen LogP contribution in [-0.2, 0) is 19.9 Å². The van der Waals surface area contributed by atoms with Gasteiger partial charge in [-0.2, -0.15) is 5.10 Å². The van der Waals surface area contributed by atoms with Crippen molar-refractivity contribution in [2.24, 2.45) is 7.05 Å². The molecule has 2 rings (SSSR count). The van der Waals surface area contributed by atoms with Crippen molar-refractivity contribution in [3.63, 3.8) is 0 Å². The summed E-state index contributed by atoms with van der Waals surface area (Å²) in [6, 6.07) is 0.410. The fourth-order valence-electron chi connectivity index (χ4n) is 2.84. The highest BCUT2D eigenvalue weighted by molar-refractivity contribution is 6.31. The van der Waals surface area contributed by atoms with Crippen molar-refractivity contribution in [2.75, 3.05) is 13.6 Å². The third-order valence-electron chi connectivity index (χ3n) is 3.97. The number of β-amino-alcohol motifs (C(OH)–C–C–N with tert-alkyl or cyclic N) is 1. The van der Waals surface area contributed by atoms with Gasteiger partial charge in [0.05, 0.1) is 22.0 Å². The highest BCUT2D eigenvalue weighted by Gasteiger charge is 2.40. The van der Waals surface area contributed by atoms with Crippen LogP contribution in [0, 0.1) is 0 Å². The number of halogens is 1. The quantitative estimate of drug-likeness (QED) is 0.909. The Balaban J connectivity index is 2.22. The van der Waals surface area contributed by atoms with Gasteiger partial charge < -0.3 is 10.0 Å². The highest BCUT2D eigenvalue weighted by Crippen LogP contribution is 2.32. The van der Waals surface area contributed by atoms with E-state index in [9.17, 15) is 5.11 Å². The first-order valence-electron chi connectivity index (χ1n) is 6.49. The summed E-state index contributed by atoms with van der Waals surface area (Å²) in [7, 11) is 3.94. The summed E-state index contributed by atoms with van der Waals surface area (Å²) in [6.07, 6.45) is 2.18. The number of rotatable bonds is 3. The molecule has 1 aromatic rings. The summed E-state index contributed by atoms with van der Waals surface area (Å²) in [5, 5.41) is 15.8. The number of hydrogen-bond acceptors (Lipinski definition) is 3. The van der Waals surface area contributed by atoms with Crippen molar-refractivity contribution >= 4 is 11.6 Å². The molecule has 1 aliphatic heterocycles. The Morgan fingerprint density at radius 3 is 2.61 bits per heavy atom. The lowest BCUT2D eigenvalue weighted by Gasteiger charge is -2.22. The predicted octanol–water partition coefficient (Wildman–Crippen LogP) is 1.63. The zero-order valence-corrected chi connectivity index (χ0v) is 12.3. The van der Waals surface area contributed by atoms with Crippen LogP contribution in [0.3, 0.4) is 0 Å². The fourth-order valence-corrected chi connectivity index (χ4v) is 3.20. The first-order valence-corrected chi connectivity index (χ1v) is 6.87. The van der Waals surface area contributed by atoms with E-state index in [2.05, 4.69) is 16.9 Å². The molecule has 5 heteroatoms. The molecule has 102 valence electrons. The van der Waals surface area contributed by atoms with Gasteiger partial charge >= 0.3 is 0 Å². The molecule has 1 saturated heterocycles. The second kappa shape index (κ2) is 4.83. The van der Waals surface area contributed by atoms with Crippen LogP contribution >= 0.6 is 11.6 Å². The Morgan fingerprint density at radius 1 is 1.50 bits per heavy atom. The molecule has 1 fully saturated rings. The van der Waals surface area contributed by atoms with Crippen molar-refractivity contribution in [3.05, 3.63) is 16.4 Å². The van der Waals surface area contributed by atoms with Gasteiger partial charge in [-0.05, 0) is 26.8 Å². The minimum absolute atomic E-state index is 0.410. The average molecular weight is 272 g/mol. The summed E-state index contributed by atoms with van der Waals surface area (Å²) in [6.45, 7) is 4.87. The molecule has 0 bridgehead atoms. The predicted molar refractivity (Wildman–Crippen MR) is 73.0 cm³/mol. The van der Waals surface area contributed by atoms with E-state index in [1.807, 2.05) is 25.7 Å². The third kappa shape index (κ3) is 2.42. The normalized spacial score (nSPS) is 29.1. The topological polar surface area (TPSA) is 41.3 Å². The molecule has 1 aliphatic rings. The molecule has 2 atom stereocenters. The summed E-state index contributed by atoms with van der Waals surface area (Å²) in [5.41, 5.74) is 1.17. The molecule has 0 spiro atoms. The molecular weight excluding hydrogens is 250 g/mol. The Kier molecular flexibility index (Phi) is 3.72. The molecule has 0 amide bonds. The summed E-state index contributed by atoms with van der Waals surface area (Å²) >= 11 is 6.33. The zero-order valence-electron chi connectivity index (χ0n) is 11.6. The molecule has 4 nitrogen and oxygen atoms in total. The van der Waals surface area contributed by atoms with Crippen molar-refractivity contribution < 1.29 is 5.11 Å². The number of likely N-dealkylation sites (N-methyl/N-ethyl adjacent to an activating group) is 1. The van der Waals surface area contributed by atoms with E-state index in [1.165, 1.54) is 0 Å². The maximum atomic E-state index is 10.7. The Morgan fingerprint density at radius 2 is 2.17 bits per heavy atom. The van der Waals surface area contributed by atoms with Crippen LogP contribution in [0.15, 0.2) is 0 Å². The maximum Gasteiger partial charge on any atom is 0.0850 e. The van der Waals surface area contributed by atoms with E-state index in [4.69, 9.17) is 11.6 Å². The Bertz CT molecular complexity index is 434. The van der Waals surface area contributed by atoms with Gasteiger partial charge in [-0.15, -0.1) is 0 Å². The number of hydrogen-bond donors (Lipinski definition) is 1. The van der Waals surface area contributed by atoms with Crippen molar-refractivity contribution in [1.29, 1.82) is 0 Å². The minimum atomic E-state index is -0.684. The third-order valence-corrected chi connectivity index (χ3v) is 4.41. The fraction of sp³-hybridized carbons (Fsp3) is 0.769. The SMILES string of the molecule is CCc1nn(C)c(CC2(O)CC(C)N(C)C2)c1Cl. The number of aromatic nitrogens is 2. The largest absolute Gasteiger partial charge is 0.388 e. The molecular formula is C13H22ClN3O. The van der Waals surface area contributed by atoms with Gasteiger partial charge in [0.1, 0.15) is 0 Å². The van der Waals surface area contributed by atoms with Gasteiger partial charge in [0.2, 0.25) is 0 Å². The zero-order chi connectivity index (χ0) is 13.5. The number of aryl methyl sites for hydroxylation is 2. The monoisotopic (exact) mass is 271 g/mol. The van der Waals surface area contributed by atoms with E-state index < -0.39 is 5.60 Å². The Labute approximate surface area is 114 Å². The summed E-state index contributed by atoms with van der Waals surface area (Å²) < 4.78 is 1.81. The molecule has 0 saturated carbocycles. The number of likely N-dealkylation sites (tertiary alicyclic amines) is 1. The molecule has 0 aliphatic carbocycles. The lowest BCUT2D eigenvalue weighted by Crippen LogP contribution is -2.35. The van der Waals surface area contributed by atoms with Crippen LogP contribution < -0.4 is 0 Å². The maximum absolute atomic E-state index is 10.7. The van der Waals surface area contributed by atoms with Gasteiger partial charge in [0.25, 0.3) is 0 Å². The Hall–Kier alpha value is -0.580. The van der Waals surface area contributed by atoms with Gasteiger partial charge in [-0.1, -0.05) is 18.5 Å². The van der Waals surface area contributed by atoms with E-state index >= 15 is 0 Å². The molecule has 0 radical (unpaired) electrons. The number of nitrogens with zero attached hydrogens (tertiary/aromatic N) is 3. The molecule has 2 heterocycles.